The van der Waals surface area contributed by atoms with Gasteiger partial charge in [-0.1, -0.05) is 13.8 Å². The first-order chi connectivity index (χ1) is 13.4. The van der Waals surface area contributed by atoms with E-state index in [2.05, 4.69) is 14.8 Å². The number of hydrogen-bond acceptors (Lipinski definition) is 3. The number of nitrogens with one attached hydrogen (secondary N) is 1. The van der Waals surface area contributed by atoms with Crippen LogP contribution in [0.25, 0.3) is 21.8 Å². The van der Waals surface area contributed by atoms with Crippen molar-refractivity contribution in [3.63, 3.8) is 0 Å². The van der Waals surface area contributed by atoms with Crippen LogP contribution in [0.1, 0.15) is 13.8 Å². The molecule has 0 atom stereocenters. The van der Waals surface area contributed by atoms with Gasteiger partial charge in [0.05, 0.1) is 0 Å². The minimum absolute atomic E-state index is 0.224. The van der Waals surface area contributed by atoms with Gasteiger partial charge in [-0.05, 0) is 36.4 Å². The van der Waals surface area contributed by atoms with Crippen LogP contribution < -0.4 is 14.8 Å². The second-order valence-electron chi connectivity index (χ2n) is 6.71. The maximum atomic E-state index is 12.6. The number of benzene rings is 2. The Morgan fingerprint density at radius 1 is 0.828 bits per heavy atom. The van der Waals surface area contributed by atoms with Gasteiger partial charge in [0.1, 0.15) is 11.5 Å². The molecule has 1 heterocycles. The molecule has 0 unspecified atom stereocenters. The van der Waals surface area contributed by atoms with Crippen LogP contribution in [0.4, 0.5) is 26.3 Å². The molecule has 158 valence electrons. The van der Waals surface area contributed by atoms with E-state index in [0.29, 0.717) is 34.9 Å². The van der Waals surface area contributed by atoms with Crippen molar-refractivity contribution in [2.75, 3.05) is 6.54 Å². The summed E-state index contributed by atoms with van der Waals surface area (Å²) in [5.74, 6) is -0.905. The summed E-state index contributed by atoms with van der Waals surface area (Å²) in [5, 5.41) is 3.89. The number of nitrogens with zero attached hydrogens (tertiary/aromatic N) is 1. The summed E-state index contributed by atoms with van der Waals surface area (Å²) >= 11 is 0. The molecule has 1 N–H and O–H groups in total. The zero-order chi connectivity index (χ0) is 21.4. The molecule has 0 fully saturated rings. The molecule has 3 aromatic rings. The van der Waals surface area contributed by atoms with E-state index in [1.54, 1.807) is 0 Å². The number of alkyl halides is 6. The standard InChI is InChI=1S/C19H18F6N2O2/c1-11(2)26-7-8-27-16-5-3-12(28-18(20,21)22)9-14(16)15-10-13(4-6-17(15)27)29-19(23,24)25/h3-6,9-11,26H,7-8H2,1-2H3. The second-order valence-corrected chi connectivity index (χ2v) is 6.71. The van der Waals surface area contributed by atoms with Gasteiger partial charge in [-0.2, -0.15) is 0 Å². The average Bonchev–Trinajstić information content (AvgIpc) is 2.85. The van der Waals surface area contributed by atoms with Crippen LogP contribution in [0.5, 0.6) is 11.5 Å². The summed E-state index contributed by atoms with van der Waals surface area (Å²) < 4.78 is 85.2. The van der Waals surface area contributed by atoms with E-state index in [4.69, 9.17) is 0 Å². The van der Waals surface area contributed by atoms with Crippen LogP contribution in [-0.4, -0.2) is 29.9 Å². The molecule has 0 aliphatic carbocycles. The van der Waals surface area contributed by atoms with E-state index < -0.39 is 24.2 Å². The fourth-order valence-electron chi connectivity index (χ4n) is 3.16. The lowest BCUT2D eigenvalue weighted by molar-refractivity contribution is -0.275. The van der Waals surface area contributed by atoms with Crippen LogP contribution in [0, 0.1) is 0 Å². The molecule has 29 heavy (non-hydrogen) atoms. The number of rotatable bonds is 6. The lowest BCUT2D eigenvalue weighted by atomic mass is 10.1. The first-order valence-electron chi connectivity index (χ1n) is 8.74. The monoisotopic (exact) mass is 420 g/mol. The molecular weight excluding hydrogens is 402 g/mol. The Morgan fingerprint density at radius 2 is 1.28 bits per heavy atom. The molecule has 1 aromatic heterocycles. The Labute approximate surface area is 162 Å². The summed E-state index contributed by atoms with van der Waals surface area (Å²) in [6, 6.07) is 7.81. The summed E-state index contributed by atoms with van der Waals surface area (Å²) in [4.78, 5) is 0. The molecule has 3 rings (SSSR count). The first kappa shape index (κ1) is 21.1. The van der Waals surface area contributed by atoms with Crippen LogP contribution in [0.15, 0.2) is 36.4 Å². The highest BCUT2D eigenvalue weighted by Gasteiger charge is 2.32. The predicted molar refractivity (Wildman–Crippen MR) is 95.9 cm³/mol. The quantitative estimate of drug-likeness (QED) is 0.528. The molecule has 0 aliphatic rings. The Balaban J connectivity index is 2.12. The van der Waals surface area contributed by atoms with E-state index in [0.717, 1.165) is 12.1 Å². The Morgan fingerprint density at radius 3 is 1.66 bits per heavy atom. The third kappa shape index (κ3) is 5.26. The molecule has 0 aliphatic heterocycles. The number of hydrogen-bond donors (Lipinski definition) is 1. The van der Waals surface area contributed by atoms with Crippen molar-refractivity contribution < 1.29 is 35.8 Å². The van der Waals surface area contributed by atoms with Gasteiger partial charge < -0.3 is 19.4 Å². The third-order valence-corrected chi connectivity index (χ3v) is 4.16. The predicted octanol–water partition coefficient (Wildman–Crippen LogP) is 5.59. The van der Waals surface area contributed by atoms with Gasteiger partial charge in [0.15, 0.2) is 0 Å². The van der Waals surface area contributed by atoms with Gasteiger partial charge >= 0.3 is 12.7 Å². The summed E-state index contributed by atoms with van der Waals surface area (Å²) in [6.45, 7) is 4.97. The lowest BCUT2D eigenvalue weighted by Crippen LogP contribution is -2.26. The number of fused-ring (bicyclic) bond motifs is 3. The van der Waals surface area contributed by atoms with Gasteiger partial charge in [-0.15, -0.1) is 26.3 Å². The second kappa shape index (κ2) is 7.66. The highest BCUT2D eigenvalue weighted by molar-refractivity contribution is 6.09. The molecule has 0 saturated heterocycles. The SMILES string of the molecule is CC(C)NCCn1c2ccc(OC(F)(F)F)cc2c2cc(OC(F)(F)F)ccc21. The molecule has 0 amide bonds. The van der Waals surface area contributed by atoms with Crippen LogP contribution >= 0.6 is 0 Å². The summed E-state index contributed by atoms with van der Waals surface area (Å²) in [7, 11) is 0. The molecule has 0 radical (unpaired) electrons. The van der Waals surface area contributed by atoms with Crippen molar-refractivity contribution in [2.45, 2.75) is 39.2 Å². The van der Waals surface area contributed by atoms with Crippen molar-refractivity contribution in [3.05, 3.63) is 36.4 Å². The van der Waals surface area contributed by atoms with Gasteiger partial charge in [0, 0.05) is 40.9 Å². The van der Waals surface area contributed by atoms with Crippen molar-refractivity contribution in [2.24, 2.45) is 0 Å². The van der Waals surface area contributed by atoms with E-state index in [1.165, 1.54) is 24.3 Å². The zero-order valence-corrected chi connectivity index (χ0v) is 15.5. The van der Waals surface area contributed by atoms with Crippen molar-refractivity contribution in [3.8, 4) is 11.5 Å². The smallest absolute Gasteiger partial charge is 0.406 e. The Kier molecular flexibility index (Phi) is 5.57. The number of aromatic nitrogens is 1. The highest BCUT2D eigenvalue weighted by atomic mass is 19.4. The number of halogens is 6. The summed E-state index contributed by atoms with van der Waals surface area (Å²) in [5.41, 5.74) is 1.15. The fraction of sp³-hybridized carbons (Fsp3) is 0.368. The van der Waals surface area contributed by atoms with Gasteiger partial charge in [0.2, 0.25) is 0 Å². The van der Waals surface area contributed by atoms with Gasteiger partial charge in [-0.3, -0.25) is 0 Å². The van der Waals surface area contributed by atoms with Gasteiger partial charge in [-0.25, -0.2) is 0 Å². The maximum Gasteiger partial charge on any atom is 0.573 e. The molecule has 2 aromatic carbocycles. The average molecular weight is 420 g/mol. The normalized spacial score (nSPS) is 12.9. The van der Waals surface area contributed by atoms with E-state index in [-0.39, 0.29) is 6.04 Å². The van der Waals surface area contributed by atoms with Crippen molar-refractivity contribution >= 4 is 21.8 Å². The minimum atomic E-state index is -4.88. The molecule has 0 bridgehead atoms. The largest absolute Gasteiger partial charge is 0.573 e. The fourth-order valence-corrected chi connectivity index (χ4v) is 3.16. The molecule has 10 heteroatoms. The minimum Gasteiger partial charge on any atom is -0.406 e. The van der Waals surface area contributed by atoms with Gasteiger partial charge in [0.25, 0.3) is 0 Å². The topological polar surface area (TPSA) is 35.4 Å². The third-order valence-electron chi connectivity index (χ3n) is 4.16. The number of ether oxygens (including phenoxy) is 2. The molecular formula is C19H18F6N2O2. The van der Waals surface area contributed by atoms with E-state index >= 15 is 0 Å². The lowest BCUT2D eigenvalue weighted by Gasteiger charge is -2.12. The zero-order valence-electron chi connectivity index (χ0n) is 15.5. The van der Waals surface area contributed by atoms with E-state index in [1.807, 2.05) is 18.4 Å². The molecule has 0 saturated carbocycles. The van der Waals surface area contributed by atoms with Crippen LogP contribution in [0.2, 0.25) is 0 Å². The summed E-state index contributed by atoms with van der Waals surface area (Å²) in [6.07, 6.45) is -9.75. The molecule has 4 nitrogen and oxygen atoms in total. The Hall–Kier alpha value is -2.62. The maximum absolute atomic E-state index is 12.6. The first-order valence-corrected chi connectivity index (χ1v) is 8.74. The van der Waals surface area contributed by atoms with Crippen molar-refractivity contribution in [1.29, 1.82) is 0 Å². The Bertz CT molecular complexity index is 934. The molecule has 0 spiro atoms. The van der Waals surface area contributed by atoms with Crippen LogP contribution in [0.3, 0.4) is 0 Å². The van der Waals surface area contributed by atoms with Crippen LogP contribution in [-0.2, 0) is 6.54 Å². The van der Waals surface area contributed by atoms with E-state index in [9.17, 15) is 26.3 Å². The van der Waals surface area contributed by atoms with Crippen molar-refractivity contribution in [1.82, 2.24) is 9.88 Å². The highest BCUT2D eigenvalue weighted by Crippen LogP contribution is 2.36.